The van der Waals surface area contributed by atoms with Crippen molar-refractivity contribution in [2.24, 2.45) is 0 Å². The molecule has 314 valence electrons. The lowest BCUT2D eigenvalue weighted by Gasteiger charge is -2.32. The summed E-state index contributed by atoms with van der Waals surface area (Å²) in [5.74, 6) is -0.417. The zero-order valence-electron chi connectivity index (χ0n) is 36.6. The van der Waals surface area contributed by atoms with E-state index in [9.17, 15) is 9.59 Å². The van der Waals surface area contributed by atoms with Crippen LogP contribution in [0.5, 0.6) is 0 Å². The van der Waals surface area contributed by atoms with Gasteiger partial charge in [0.1, 0.15) is 34.7 Å². The maximum absolute atomic E-state index is 12.5. The van der Waals surface area contributed by atoms with Crippen molar-refractivity contribution in [3.8, 4) is 23.3 Å². The average molecular weight is 876 g/mol. The van der Waals surface area contributed by atoms with Crippen molar-refractivity contribution < 1.29 is 28.4 Å². The Morgan fingerprint density at radius 1 is 0.717 bits per heavy atom. The molecule has 0 saturated carbocycles. The smallest absolute Gasteiger partial charge is 0.460 e. The van der Waals surface area contributed by atoms with E-state index in [1.54, 1.807) is 30.6 Å². The maximum atomic E-state index is 12.5. The van der Waals surface area contributed by atoms with Gasteiger partial charge in [-0.2, -0.15) is 10.5 Å². The van der Waals surface area contributed by atoms with Crippen LogP contribution in [0.3, 0.4) is 0 Å². The molecule has 4 aromatic rings. The van der Waals surface area contributed by atoms with Gasteiger partial charge in [0.05, 0.1) is 24.0 Å². The third kappa shape index (κ3) is 11.9. The van der Waals surface area contributed by atoms with E-state index in [4.69, 9.17) is 29.3 Å². The van der Waals surface area contributed by atoms with E-state index in [0.717, 1.165) is 70.7 Å². The second-order valence-electron chi connectivity index (χ2n) is 18.3. The van der Waals surface area contributed by atoms with Gasteiger partial charge in [-0.05, 0) is 182 Å². The summed E-state index contributed by atoms with van der Waals surface area (Å²) in [6.45, 7) is 19.5. The average Bonchev–Trinajstić information content (AvgIpc) is 3.89. The quantitative estimate of drug-likeness (QED) is 0.136. The minimum Gasteiger partial charge on any atom is -0.460 e. The molecule has 0 N–H and O–H groups in total. The normalized spacial score (nSPS) is 15.8. The molecular formula is C48H56BBrN4O6. The number of hydrogen-bond donors (Lipinski definition) is 0. The van der Waals surface area contributed by atoms with Crippen LogP contribution in [-0.4, -0.2) is 51.4 Å². The van der Waals surface area contributed by atoms with Gasteiger partial charge in [0.2, 0.25) is 0 Å². The lowest BCUT2D eigenvalue weighted by atomic mass is 9.73. The Morgan fingerprint density at radius 2 is 1.20 bits per heavy atom. The van der Waals surface area contributed by atoms with Crippen LogP contribution in [0.1, 0.15) is 127 Å². The molecule has 0 amide bonds. The Hall–Kier alpha value is -4.88. The Balaban J connectivity index is 0.000000189. The first-order chi connectivity index (χ1) is 28.1. The minimum atomic E-state index is -0.500. The van der Waals surface area contributed by atoms with Crippen LogP contribution >= 0.6 is 15.9 Å². The third-order valence-corrected chi connectivity index (χ3v) is 11.3. The third-order valence-electron chi connectivity index (χ3n) is 10.8. The molecule has 1 aliphatic heterocycles. The lowest BCUT2D eigenvalue weighted by Crippen LogP contribution is -2.41. The topological polar surface area (TPSA) is 144 Å². The van der Waals surface area contributed by atoms with E-state index in [1.165, 1.54) is 22.3 Å². The number of esters is 2. The van der Waals surface area contributed by atoms with E-state index in [0.29, 0.717) is 11.4 Å². The molecular weight excluding hydrogens is 819 g/mol. The van der Waals surface area contributed by atoms with Gasteiger partial charge in [-0.3, -0.25) is 9.59 Å². The monoisotopic (exact) mass is 874 g/mol. The van der Waals surface area contributed by atoms with Crippen molar-refractivity contribution in [1.29, 1.82) is 10.5 Å². The fourth-order valence-corrected chi connectivity index (χ4v) is 7.88. The predicted octanol–water partition coefficient (Wildman–Crippen LogP) is 9.07. The van der Waals surface area contributed by atoms with Crippen LogP contribution in [0, 0.1) is 22.7 Å². The highest BCUT2D eigenvalue weighted by atomic mass is 79.9. The highest BCUT2D eigenvalue weighted by Crippen LogP contribution is 2.38. The predicted molar refractivity (Wildman–Crippen MR) is 236 cm³/mol. The SMILES string of the molecule is CC(C)(C)OC(=O)Cc1c(-c2ccnc(C#N)c2)ccc2c1CCC2.CC(C)(C)OC(=O)Cc1c(B2OC(C)(C)C(C)(C)O2)ccc2c1CCC2.N#Cc1cc(Br)ccn1. The number of fused-ring (bicyclic) bond motifs is 2. The molecule has 3 aliphatic rings. The second kappa shape index (κ2) is 18.8. The number of benzene rings is 2. The summed E-state index contributed by atoms with van der Waals surface area (Å²) in [7, 11) is -0.455. The molecule has 2 aromatic carbocycles. The summed E-state index contributed by atoms with van der Waals surface area (Å²) in [5, 5.41) is 17.4. The summed E-state index contributed by atoms with van der Waals surface area (Å²) < 4.78 is 24.5. The molecule has 0 bridgehead atoms. The van der Waals surface area contributed by atoms with Crippen molar-refractivity contribution in [3.63, 3.8) is 0 Å². The standard InChI is InChI=1S/C21H31BO4.C21H22N2O2.C6H3BrN2/c1-19(2,3)24-18(23)13-16-15-10-8-9-14(15)11-12-17(16)22-25-20(4,5)21(6,7)26-22;1-21(2,3)25-20(24)12-19-17-6-4-5-14(17)7-8-18(19)15-9-10-23-16(11-15)13-22;7-5-1-2-9-6(3-5)4-8/h11-12H,8-10,13H2,1-7H3;7-11H,4-6,12H2,1-3H3;1-3H. The van der Waals surface area contributed by atoms with Crippen molar-refractivity contribution in [1.82, 2.24) is 9.97 Å². The number of ether oxygens (including phenoxy) is 2. The molecule has 10 nitrogen and oxygen atoms in total. The van der Waals surface area contributed by atoms with Crippen LogP contribution in [0.15, 0.2) is 65.4 Å². The Bertz CT molecular complexity index is 2300. The molecule has 60 heavy (non-hydrogen) atoms. The van der Waals surface area contributed by atoms with Crippen LogP contribution < -0.4 is 5.46 Å². The van der Waals surface area contributed by atoms with Crippen molar-refractivity contribution in [2.75, 3.05) is 0 Å². The number of hydrogen-bond acceptors (Lipinski definition) is 10. The highest BCUT2D eigenvalue weighted by molar-refractivity contribution is 9.10. The van der Waals surface area contributed by atoms with E-state index in [2.05, 4.69) is 56.2 Å². The molecule has 2 aromatic heterocycles. The molecule has 1 fully saturated rings. The summed E-state index contributed by atoms with van der Waals surface area (Å²) in [5.41, 5.74) is 9.15. The minimum absolute atomic E-state index is 0.199. The summed E-state index contributed by atoms with van der Waals surface area (Å²) >= 11 is 3.21. The van der Waals surface area contributed by atoms with Crippen LogP contribution in [0.25, 0.3) is 11.1 Å². The van der Waals surface area contributed by atoms with E-state index in [1.807, 2.05) is 81.4 Å². The largest absolute Gasteiger partial charge is 0.495 e. The molecule has 0 radical (unpaired) electrons. The van der Waals surface area contributed by atoms with Gasteiger partial charge in [0.25, 0.3) is 0 Å². The number of halogens is 1. The van der Waals surface area contributed by atoms with Gasteiger partial charge in [-0.25, -0.2) is 9.97 Å². The first-order valence-corrected chi connectivity index (χ1v) is 21.3. The highest BCUT2D eigenvalue weighted by Gasteiger charge is 2.52. The van der Waals surface area contributed by atoms with Crippen LogP contribution in [-0.2, 0) is 66.9 Å². The van der Waals surface area contributed by atoms with E-state index >= 15 is 0 Å². The Kier molecular flexibility index (Phi) is 14.5. The fraction of sp³-hybridized carbons (Fsp3) is 0.458. The van der Waals surface area contributed by atoms with Crippen molar-refractivity contribution in [2.45, 2.75) is 143 Å². The van der Waals surface area contributed by atoms with E-state index < -0.39 is 29.5 Å². The van der Waals surface area contributed by atoms with Gasteiger partial charge in [0.15, 0.2) is 0 Å². The second-order valence-corrected chi connectivity index (χ2v) is 19.3. The molecule has 0 atom stereocenters. The first kappa shape index (κ1) is 46.2. The number of nitrogens with zero attached hydrogens (tertiary/aromatic N) is 4. The van der Waals surface area contributed by atoms with Gasteiger partial charge >= 0.3 is 19.1 Å². The van der Waals surface area contributed by atoms with Gasteiger partial charge < -0.3 is 18.8 Å². The summed E-state index contributed by atoms with van der Waals surface area (Å²) in [6, 6.07) is 19.5. The number of carbonyl (C=O) groups excluding carboxylic acids is 2. The molecule has 2 aliphatic carbocycles. The van der Waals surface area contributed by atoms with E-state index in [-0.39, 0.29) is 24.8 Å². The van der Waals surface area contributed by atoms with Gasteiger partial charge in [-0.15, -0.1) is 0 Å². The number of aromatic nitrogens is 2. The molecule has 7 rings (SSSR count). The fourth-order valence-electron chi connectivity index (χ4n) is 7.54. The summed E-state index contributed by atoms with van der Waals surface area (Å²) in [4.78, 5) is 32.8. The first-order valence-electron chi connectivity index (χ1n) is 20.5. The lowest BCUT2D eigenvalue weighted by molar-refractivity contribution is -0.155. The number of carbonyl (C=O) groups is 2. The molecule has 3 heterocycles. The zero-order valence-corrected chi connectivity index (χ0v) is 38.2. The maximum Gasteiger partial charge on any atom is 0.495 e. The molecule has 1 saturated heterocycles. The molecule has 12 heteroatoms. The molecule has 0 unspecified atom stereocenters. The Morgan fingerprint density at radius 3 is 1.70 bits per heavy atom. The number of aryl methyl sites for hydroxylation is 2. The van der Waals surface area contributed by atoms with Crippen molar-refractivity contribution >= 4 is 40.4 Å². The van der Waals surface area contributed by atoms with Crippen LogP contribution in [0.4, 0.5) is 0 Å². The van der Waals surface area contributed by atoms with Crippen molar-refractivity contribution in [3.05, 3.63) is 110 Å². The van der Waals surface area contributed by atoms with Gasteiger partial charge in [-0.1, -0.05) is 40.2 Å². The van der Waals surface area contributed by atoms with Gasteiger partial charge in [0, 0.05) is 16.9 Å². The molecule has 0 spiro atoms. The number of nitriles is 2. The van der Waals surface area contributed by atoms with Crippen LogP contribution in [0.2, 0.25) is 0 Å². The Labute approximate surface area is 364 Å². The number of pyridine rings is 2. The number of rotatable bonds is 6. The zero-order chi connectivity index (χ0) is 44.0. The summed E-state index contributed by atoms with van der Waals surface area (Å²) in [6.07, 6.45) is 10.1.